The van der Waals surface area contributed by atoms with Gasteiger partial charge in [-0.25, -0.2) is 4.79 Å². The van der Waals surface area contributed by atoms with Crippen LogP contribution in [-0.4, -0.2) is 47.4 Å². The summed E-state index contributed by atoms with van der Waals surface area (Å²) in [5, 5.41) is 7.27. The zero-order chi connectivity index (χ0) is 27.2. The molecule has 0 aliphatic heterocycles. The molecule has 0 bridgehead atoms. The second kappa shape index (κ2) is 11.6. The molecule has 9 heteroatoms. The summed E-state index contributed by atoms with van der Waals surface area (Å²) < 4.78 is 5.23. The van der Waals surface area contributed by atoms with Crippen LogP contribution >= 0.6 is 0 Å². The highest BCUT2D eigenvalue weighted by Gasteiger charge is 2.35. The summed E-state index contributed by atoms with van der Waals surface area (Å²) in [5.74, 6) is -1.93. The molecular formula is C28H32N4O5. The maximum absolute atomic E-state index is 13.5. The van der Waals surface area contributed by atoms with Crippen LogP contribution in [-0.2, 0) is 19.1 Å². The van der Waals surface area contributed by atoms with Crippen molar-refractivity contribution in [2.45, 2.75) is 44.9 Å². The highest BCUT2D eigenvalue weighted by Crippen LogP contribution is 2.25. The molecule has 0 spiro atoms. The first-order valence-corrected chi connectivity index (χ1v) is 11.8. The number of amides is 4. The van der Waals surface area contributed by atoms with E-state index in [-0.39, 0.29) is 0 Å². The van der Waals surface area contributed by atoms with Gasteiger partial charge in [-0.2, -0.15) is 0 Å². The van der Waals surface area contributed by atoms with Gasteiger partial charge in [0, 0.05) is 12.7 Å². The monoisotopic (exact) mass is 504 g/mol. The Kier molecular flexibility index (Phi) is 8.49. The lowest BCUT2D eigenvalue weighted by molar-refractivity contribution is -0.140. The molecule has 0 radical (unpaired) electrons. The van der Waals surface area contributed by atoms with Gasteiger partial charge in [-0.1, -0.05) is 60.7 Å². The number of benzene rings is 3. The van der Waals surface area contributed by atoms with Crippen molar-refractivity contribution >= 4 is 40.3 Å². The largest absolute Gasteiger partial charge is 0.444 e. The highest BCUT2D eigenvalue weighted by molar-refractivity contribution is 6.00. The second-order valence-electron chi connectivity index (χ2n) is 9.68. The van der Waals surface area contributed by atoms with Crippen molar-refractivity contribution in [1.82, 2.24) is 10.2 Å². The number of primary amides is 1. The molecule has 9 nitrogen and oxygen atoms in total. The fourth-order valence-corrected chi connectivity index (χ4v) is 3.89. The van der Waals surface area contributed by atoms with E-state index < -0.39 is 47.9 Å². The molecule has 0 aromatic heterocycles. The van der Waals surface area contributed by atoms with Gasteiger partial charge < -0.3 is 26.0 Å². The molecule has 0 saturated carbocycles. The Morgan fingerprint density at radius 2 is 1.54 bits per heavy atom. The molecular weight excluding hydrogens is 472 g/mol. The molecule has 3 rings (SSSR count). The molecule has 4 amide bonds. The Labute approximate surface area is 216 Å². The summed E-state index contributed by atoms with van der Waals surface area (Å²) in [6.45, 7) is 5.02. The number of hydrogen-bond donors (Lipinski definition) is 3. The number of carbonyl (C=O) groups excluding carboxylic acids is 4. The minimum Gasteiger partial charge on any atom is -0.444 e. The Morgan fingerprint density at radius 3 is 2.16 bits per heavy atom. The smallest absolute Gasteiger partial charge is 0.408 e. The highest BCUT2D eigenvalue weighted by atomic mass is 16.6. The number of nitrogens with two attached hydrogens (primary N) is 1. The van der Waals surface area contributed by atoms with Crippen LogP contribution in [0.4, 0.5) is 10.5 Å². The number of fused-ring (bicyclic) bond motifs is 1. The van der Waals surface area contributed by atoms with Gasteiger partial charge in [-0.3, -0.25) is 14.4 Å². The Morgan fingerprint density at radius 1 is 0.919 bits per heavy atom. The maximum Gasteiger partial charge on any atom is 0.408 e. The van der Waals surface area contributed by atoms with Crippen molar-refractivity contribution in [2.75, 3.05) is 12.4 Å². The van der Waals surface area contributed by atoms with Crippen LogP contribution in [0.1, 0.15) is 38.8 Å². The van der Waals surface area contributed by atoms with E-state index in [0.29, 0.717) is 11.3 Å². The van der Waals surface area contributed by atoms with E-state index in [0.717, 1.165) is 10.8 Å². The van der Waals surface area contributed by atoms with Crippen LogP contribution in [0.15, 0.2) is 72.8 Å². The number of rotatable bonds is 8. The summed E-state index contributed by atoms with van der Waals surface area (Å²) in [4.78, 5) is 52.3. The summed E-state index contributed by atoms with van der Waals surface area (Å²) in [6.07, 6.45) is -1.34. The first kappa shape index (κ1) is 27.2. The maximum atomic E-state index is 13.5. The summed E-state index contributed by atoms with van der Waals surface area (Å²) in [5.41, 5.74) is 5.64. The fourth-order valence-electron chi connectivity index (χ4n) is 3.89. The SMILES string of the molecule is CN(C(=O)C(CC(N)=O)NC(=O)OC(C)(C)C)C(C(=O)Nc1ccc2ccccc2c1)c1ccccc1. The number of nitrogens with zero attached hydrogens (tertiary/aromatic N) is 1. The minimum atomic E-state index is -1.32. The minimum absolute atomic E-state index is 0.462. The van der Waals surface area contributed by atoms with Gasteiger partial charge in [0.15, 0.2) is 0 Å². The zero-order valence-electron chi connectivity index (χ0n) is 21.4. The average Bonchev–Trinajstić information content (AvgIpc) is 2.82. The number of hydrogen-bond acceptors (Lipinski definition) is 5. The van der Waals surface area contributed by atoms with E-state index in [1.807, 2.05) is 36.4 Å². The van der Waals surface area contributed by atoms with Gasteiger partial charge in [0.2, 0.25) is 11.8 Å². The second-order valence-corrected chi connectivity index (χ2v) is 9.68. The lowest BCUT2D eigenvalue weighted by Gasteiger charge is -2.31. The van der Waals surface area contributed by atoms with Crippen LogP contribution in [0.2, 0.25) is 0 Å². The lowest BCUT2D eigenvalue weighted by Crippen LogP contribution is -2.52. The topological polar surface area (TPSA) is 131 Å². The number of anilines is 1. The molecule has 0 aliphatic carbocycles. The predicted octanol–water partition coefficient (Wildman–Crippen LogP) is 3.75. The quantitative estimate of drug-likeness (QED) is 0.430. The third-order valence-electron chi connectivity index (χ3n) is 5.51. The van der Waals surface area contributed by atoms with E-state index in [9.17, 15) is 19.2 Å². The van der Waals surface area contributed by atoms with Crippen LogP contribution in [0.5, 0.6) is 0 Å². The van der Waals surface area contributed by atoms with E-state index >= 15 is 0 Å². The molecule has 37 heavy (non-hydrogen) atoms. The van der Waals surface area contributed by atoms with Gasteiger partial charge in [0.1, 0.15) is 17.7 Å². The van der Waals surface area contributed by atoms with Crippen molar-refractivity contribution in [3.8, 4) is 0 Å². The number of carbonyl (C=O) groups is 4. The normalized spacial score (nSPS) is 12.8. The predicted molar refractivity (Wildman–Crippen MR) is 141 cm³/mol. The molecule has 0 aliphatic rings. The van der Waals surface area contributed by atoms with Crippen LogP contribution in [0, 0.1) is 0 Å². The molecule has 2 unspecified atom stereocenters. The third-order valence-corrected chi connectivity index (χ3v) is 5.51. The number of nitrogens with one attached hydrogen (secondary N) is 2. The number of ether oxygens (including phenoxy) is 1. The first-order valence-electron chi connectivity index (χ1n) is 11.8. The van der Waals surface area contributed by atoms with Crippen molar-refractivity contribution in [1.29, 1.82) is 0 Å². The van der Waals surface area contributed by atoms with E-state index in [1.54, 1.807) is 57.2 Å². The van der Waals surface area contributed by atoms with Crippen LogP contribution in [0.25, 0.3) is 10.8 Å². The van der Waals surface area contributed by atoms with E-state index in [1.165, 1.54) is 11.9 Å². The van der Waals surface area contributed by atoms with Crippen molar-refractivity contribution in [2.24, 2.45) is 5.73 Å². The molecule has 194 valence electrons. The van der Waals surface area contributed by atoms with Crippen LogP contribution < -0.4 is 16.4 Å². The summed E-state index contributed by atoms with van der Waals surface area (Å²) in [7, 11) is 1.44. The Hall–Kier alpha value is -4.40. The molecule has 3 aromatic rings. The van der Waals surface area contributed by atoms with E-state index in [2.05, 4.69) is 10.6 Å². The van der Waals surface area contributed by atoms with Crippen molar-refractivity contribution in [3.05, 3.63) is 78.4 Å². The Bertz CT molecular complexity index is 1290. The number of likely N-dealkylation sites (N-methyl/N-ethyl adjacent to an activating group) is 1. The molecule has 0 saturated heterocycles. The molecule has 3 aromatic carbocycles. The van der Waals surface area contributed by atoms with E-state index in [4.69, 9.17) is 10.5 Å². The first-order chi connectivity index (χ1) is 17.4. The van der Waals surface area contributed by atoms with Gasteiger partial charge in [0.25, 0.3) is 5.91 Å². The van der Waals surface area contributed by atoms with Gasteiger partial charge >= 0.3 is 6.09 Å². The molecule has 2 atom stereocenters. The fraction of sp³-hybridized carbons (Fsp3) is 0.286. The van der Waals surface area contributed by atoms with Gasteiger partial charge in [-0.05, 0) is 49.2 Å². The lowest BCUT2D eigenvalue weighted by atomic mass is 10.0. The molecule has 0 heterocycles. The number of alkyl carbamates (subject to hydrolysis) is 1. The Balaban J connectivity index is 1.89. The summed E-state index contributed by atoms with van der Waals surface area (Å²) >= 11 is 0. The van der Waals surface area contributed by atoms with Gasteiger partial charge in [-0.15, -0.1) is 0 Å². The van der Waals surface area contributed by atoms with Crippen LogP contribution in [0.3, 0.4) is 0 Å². The standard InChI is InChI=1S/C28H32N4O5/c1-28(2,3)37-27(36)31-22(17-23(29)33)26(35)32(4)24(19-11-6-5-7-12-19)25(34)30-21-15-14-18-10-8-9-13-20(18)16-21/h5-16,22,24H,17H2,1-4H3,(H2,29,33)(H,30,34)(H,31,36). The molecule has 0 fully saturated rings. The third kappa shape index (κ3) is 7.54. The van der Waals surface area contributed by atoms with Gasteiger partial charge in [0.05, 0.1) is 6.42 Å². The average molecular weight is 505 g/mol. The van der Waals surface area contributed by atoms with Crippen molar-refractivity contribution in [3.63, 3.8) is 0 Å². The molecule has 4 N–H and O–H groups in total. The van der Waals surface area contributed by atoms with Crippen molar-refractivity contribution < 1.29 is 23.9 Å². The summed E-state index contributed by atoms with van der Waals surface area (Å²) in [6, 6.07) is 19.6. The zero-order valence-corrected chi connectivity index (χ0v) is 21.4.